The van der Waals surface area contributed by atoms with E-state index in [4.69, 9.17) is 9.47 Å². The first-order valence-corrected chi connectivity index (χ1v) is 8.43. The first-order chi connectivity index (χ1) is 12.3. The fourth-order valence-corrected chi connectivity index (χ4v) is 3.28. The normalized spacial score (nSPS) is 10.8. The molecule has 124 valence electrons. The molecule has 0 fully saturated rings. The van der Waals surface area contributed by atoms with Gasteiger partial charge in [0.25, 0.3) is 0 Å². The van der Waals surface area contributed by atoms with Crippen LogP contribution in [0.1, 0.15) is 0 Å². The third-order valence-electron chi connectivity index (χ3n) is 4.06. The van der Waals surface area contributed by atoms with Gasteiger partial charge in [-0.2, -0.15) is 8.75 Å². The molecule has 0 saturated carbocycles. The molecule has 4 aromatic rings. The van der Waals surface area contributed by atoms with Crippen molar-refractivity contribution in [2.75, 3.05) is 14.2 Å². The van der Waals surface area contributed by atoms with E-state index in [1.165, 1.54) is 11.7 Å². The van der Waals surface area contributed by atoms with E-state index in [2.05, 4.69) is 13.7 Å². The van der Waals surface area contributed by atoms with E-state index < -0.39 is 0 Å². The minimum absolute atomic E-state index is 0.809. The fourth-order valence-electron chi connectivity index (χ4n) is 2.71. The van der Waals surface area contributed by atoms with Gasteiger partial charge in [-0.3, -0.25) is 4.98 Å². The summed E-state index contributed by atoms with van der Waals surface area (Å²) < 4.78 is 19.4. The largest absolute Gasteiger partial charge is 0.497 e. The molecule has 0 radical (unpaired) electrons. The van der Waals surface area contributed by atoms with Gasteiger partial charge in [0.2, 0.25) is 0 Å². The fraction of sp³-hybridized carbons (Fsp3) is 0.105. The van der Waals surface area contributed by atoms with Crippen molar-refractivity contribution >= 4 is 22.8 Å². The van der Waals surface area contributed by atoms with E-state index in [9.17, 15) is 0 Å². The molecule has 6 heteroatoms. The van der Waals surface area contributed by atoms with Crippen molar-refractivity contribution in [3.63, 3.8) is 0 Å². The van der Waals surface area contributed by atoms with Crippen molar-refractivity contribution in [1.29, 1.82) is 0 Å². The van der Waals surface area contributed by atoms with Gasteiger partial charge in [0.15, 0.2) is 0 Å². The molecule has 0 bridgehead atoms. The van der Waals surface area contributed by atoms with Crippen LogP contribution in [0.3, 0.4) is 0 Å². The van der Waals surface area contributed by atoms with E-state index >= 15 is 0 Å². The summed E-state index contributed by atoms with van der Waals surface area (Å²) in [5.74, 6) is 1.63. The lowest BCUT2D eigenvalue weighted by Crippen LogP contribution is -1.90. The summed E-state index contributed by atoms with van der Waals surface area (Å²) in [5.41, 5.74) is 5.47. The van der Waals surface area contributed by atoms with E-state index in [1.54, 1.807) is 14.2 Å². The Bertz CT molecular complexity index is 930. The summed E-state index contributed by atoms with van der Waals surface area (Å²) >= 11 is 1.20. The van der Waals surface area contributed by atoms with E-state index in [0.29, 0.717) is 0 Å². The maximum Gasteiger partial charge on any atom is 0.131 e. The van der Waals surface area contributed by atoms with Crippen LogP contribution in [-0.4, -0.2) is 28.0 Å². The number of ether oxygens (including phenoxy) is 2. The minimum Gasteiger partial charge on any atom is -0.497 e. The molecular weight excluding hydrogens is 334 g/mol. The quantitative estimate of drug-likeness (QED) is 0.545. The highest BCUT2D eigenvalue weighted by molar-refractivity contribution is 7.00. The van der Waals surface area contributed by atoms with E-state index in [1.807, 2.05) is 54.7 Å². The zero-order valence-electron chi connectivity index (χ0n) is 13.8. The molecule has 0 amide bonds. The van der Waals surface area contributed by atoms with Gasteiger partial charge in [0.05, 0.1) is 31.6 Å². The van der Waals surface area contributed by atoms with Crippen LogP contribution in [0.15, 0.2) is 54.7 Å². The Morgan fingerprint density at radius 1 is 0.720 bits per heavy atom. The highest BCUT2D eigenvalue weighted by Gasteiger charge is 2.14. The molecule has 0 saturated heterocycles. The topological polar surface area (TPSA) is 57.1 Å². The molecule has 2 heterocycles. The second-order valence-electron chi connectivity index (χ2n) is 5.44. The number of hydrogen-bond donors (Lipinski definition) is 0. The van der Waals surface area contributed by atoms with Crippen LogP contribution in [0, 0.1) is 0 Å². The number of aromatic nitrogens is 3. The van der Waals surface area contributed by atoms with Crippen molar-refractivity contribution < 1.29 is 9.47 Å². The van der Waals surface area contributed by atoms with Crippen molar-refractivity contribution in [1.82, 2.24) is 13.7 Å². The molecule has 5 nitrogen and oxygen atoms in total. The molecule has 0 unspecified atom stereocenters. The van der Waals surface area contributed by atoms with Gasteiger partial charge in [-0.15, -0.1) is 0 Å². The van der Waals surface area contributed by atoms with Gasteiger partial charge in [-0.05, 0) is 42.0 Å². The van der Waals surface area contributed by atoms with Gasteiger partial charge in [-0.25, -0.2) is 0 Å². The van der Waals surface area contributed by atoms with Crippen molar-refractivity contribution in [3.8, 4) is 33.9 Å². The third-order valence-corrected chi connectivity index (χ3v) is 4.58. The van der Waals surface area contributed by atoms with Gasteiger partial charge < -0.3 is 9.47 Å². The van der Waals surface area contributed by atoms with Gasteiger partial charge in [0.1, 0.15) is 22.5 Å². The Morgan fingerprint density at radius 3 is 1.88 bits per heavy atom. The molecule has 25 heavy (non-hydrogen) atoms. The predicted octanol–water partition coefficient (Wildman–Crippen LogP) is 4.44. The van der Waals surface area contributed by atoms with Gasteiger partial charge >= 0.3 is 0 Å². The van der Waals surface area contributed by atoms with Crippen LogP contribution in [-0.2, 0) is 0 Å². The van der Waals surface area contributed by atoms with Gasteiger partial charge in [0, 0.05) is 17.3 Å². The highest BCUT2D eigenvalue weighted by atomic mass is 32.1. The maximum atomic E-state index is 5.22. The van der Waals surface area contributed by atoms with Crippen molar-refractivity contribution in [2.24, 2.45) is 0 Å². The monoisotopic (exact) mass is 349 g/mol. The molecule has 2 aromatic carbocycles. The van der Waals surface area contributed by atoms with Crippen molar-refractivity contribution in [3.05, 3.63) is 54.7 Å². The molecule has 0 aliphatic rings. The maximum absolute atomic E-state index is 5.22. The lowest BCUT2D eigenvalue weighted by atomic mass is 10.0. The Labute approximate surface area is 149 Å². The van der Waals surface area contributed by atoms with Crippen LogP contribution in [0.2, 0.25) is 0 Å². The number of rotatable bonds is 4. The van der Waals surface area contributed by atoms with E-state index in [-0.39, 0.29) is 0 Å². The SMILES string of the molecule is COc1ccc(-c2cnc(-c3ccc(OC)cc3)c3nsnc23)cc1. The molecule has 2 aromatic heterocycles. The summed E-state index contributed by atoms with van der Waals surface area (Å²) in [6.07, 6.45) is 1.85. The average Bonchev–Trinajstić information content (AvgIpc) is 3.17. The smallest absolute Gasteiger partial charge is 0.131 e. The molecular formula is C19H15N3O2S. The number of nitrogens with zero attached hydrogens (tertiary/aromatic N) is 3. The average molecular weight is 349 g/mol. The summed E-state index contributed by atoms with van der Waals surface area (Å²) in [6.45, 7) is 0. The lowest BCUT2D eigenvalue weighted by Gasteiger charge is -2.07. The zero-order valence-corrected chi connectivity index (χ0v) is 14.6. The molecule has 4 rings (SSSR count). The summed E-state index contributed by atoms with van der Waals surface area (Å²) in [6, 6.07) is 15.7. The first-order valence-electron chi connectivity index (χ1n) is 7.70. The van der Waals surface area contributed by atoms with E-state index in [0.717, 1.165) is 44.9 Å². The number of fused-ring (bicyclic) bond motifs is 1. The molecule has 0 atom stereocenters. The summed E-state index contributed by atoms with van der Waals surface area (Å²) in [4.78, 5) is 4.66. The van der Waals surface area contributed by atoms with Crippen LogP contribution < -0.4 is 9.47 Å². The number of methoxy groups -OCH3 is 2. The third kappa shape index (κ3) is 2.81. The summed E-state index contributed by atoms with van der Waals surface area (Å²) in [5, 5.41) is 0. The lowest BCUT2D eigenvalue weighted by molar-refractivity contribution is 0.415. The number of hydrogen-bond acceptors (Lipinski definition) is 6. The van der Waals surface area contributed by atoms with Crippen molar-refractivity contribution in [2.45, 2.75) is 0 Å². The van der Waals surface area contributed by atoms with Crippen LogP contribution in [0.5, 0.6) is 11.5 Å². The molecule has 0 aliphatic heterocycles. The van der Waals surface area contributed by atoms with Crippen LogP contribution in [0.4, 0.5) is 0 Å². The van der Waals surface area contributed by atoms with Gasteiger partial charge in [-0.1, -0.05) is 12.1 Å². The second kappa shape index (κ2) is 6.49. The number of pyridine rings is 1. The molecule has 0 N–H and O–H groups in total. The molecule has 0 aliphatic carbocycles. The standard InChI is InChI=1S/C19H15N3O2S/c1-23-14-7-3-12(4-8-14)16-11-20-17(19-18(16)21-25-22-19)13-5-9-15(24-2)10-6-13/h3-11H,1-2H3. The first kappa shape index (κ1) is 15.5. The highest BCUT2D eigenvalue weighted by Crippen LogP contribution is 2.33. The minimum atomic E-state index is 0.809. The summed E-state index contributed by atoms with van der Waals surface area (Å²) in [7, 11) is 3.31. The zero-order chi connectivity index (χ0) is 17.2. The second-order valence-corrected chi connectivity index (χ2v) is 5.97. The Hall–Kier alpha value is -2.99. The van der Waals surface area contributed by atoms with Crippen LogP contribution in [0.25, 0.3) is 33.4 Å². The Morgan fingerprint density at radius 2 is 1.28 bits per heavy atom. The number of benzene rings is 2. The van der Waals surface area contributed by atoms with Crippen LogP contribution >= 0.6 is 11.7 Å². The Balaban J connectivity index is 1.82. The Kier molecular flexibility index (Phi) is 4.03. The molecule has 0 spiro atoms. The predicted molar refractivity (Wildman–Crippen MR) is 99.2 cm³/mol.